The third-order valence-electron chi connectivity index (χ3n) is 13.0. The Hall–Kier alpha value is -7.92. The van der Waals surface area contributed by atoms with E-state index in [1.807, 2.05) is 86.2 Å². The second-order valence-corrected chi connectivity index (χ2v) is 19.2. The highest BCUT2D eigenvalue weighted by Crippen LogP contribution is 2.24. The molecule has 75 heavy (non-hydrogen) atoms. The molecule has 0 amide bonds. The first kappa shape index (κ1) is 50.6. The monoisotopic (exact) mass is 1010 g/mol. The van der Waals surface area contributed by atoms with E-state index >= 15 is 0 Å². The Morgan fingerprint density at radius 3 is 1.40 bits per heavy atom. The van der Waals surface area contributed by atoms with E-state index < -0.39 is 11.9 Å². The van der Waals surface area contributed by atoms with Crippen LogP contribution >= 0.6 is 0 Å². The summed E-state index contributed by atoms with van der Waals surface area (Å²) in [5.74, 6) is 3.70. The van der Waals surface area contributed by atoms with Gasteiger partial charge in [-0.1, -0.05) is 60.7 Å². The molecule has 3 fully saturated rings. The maximum absolute atomic E-state index is 9.59. The minimum absolute atomic E-state index is 0.00665. The van der Waals surface area contributed by atoms with Crippen LogP contribution in [0.2, 0.25) is 0 Å². The first-order chi connectivity index (χ1) is 36.6. The van der Waals surface area contributed by atoms with Gasteiger partial charge in [-0.05, 0) is 47.2 Å². The predicted octanol–water partition coefficient (Wildman–Crippen LogP) is 3.24. The van der Waals surface area contributed by atoms with Crippen LogP contribution in [0, 0.1) is 0 Å². The lowest BCUT2D eigenvalue weighted by atomic mass is 10.1. The fraction of sp³-hybridized carbons (Fsp3) is 0.396. The molecule has 22 nitrogen and oxygen atoms in total. The van der Waals surface area contributed by atoms with E-state index in [9.17, 15) is 5.11 Å². The van der Waals surface area contributed by atoms with Gasteiger partial charge in [-0.25, -0.2) is 39.9 Å². The van der Waals surface area contributed by atoms with Crippen molar-refractivity contribution in [2.24, 2.45) is 0 Å². The molecule has 3 aliphatic heterocycles. The molecular formula is C53H62N18O4. The number of aliphatic hydroxyl groups excluding tert-OH is 2. The molecule has 11 rings (SSSR count). The average molecular weight is 1020 g/mol. The zero-order valence-electron chi connectivity index (χ0n) is 42.3. The minimum atomic E-state index is -0.835. The van der Waals surface area contributed by atoms with Crippen LogP contribution in [0.4, 0.5) is 23.8 Å². The van der Waals surface area contributed by atoms with Crippen molar-refractivity contribution in [3.63, 3.8) is 0 Å². The average Bonchev–Trinajstić information content (AvgIpc) is 4.19. The first-order valence-electron chi connectivity index (χ1n) is 25.3. The Bertz CT molecular complexity index is 3020. The molecule has 2 atom stereocenters. The van der Waals surface area contributed by atoms with Crippen LogP contribution in [0.5, 0.6) is 0 Å². The smallest absolute Gasteiger partial charge is 0.228 e. The molecule has 2 aromatic carbocycles. The molecule has 0 aliphatic carbocycles. The molecule has 3 saturated heterocycles. The lowest BCUT2D eigenvalue weighted by molar-refractivity contribution is -0.139. The maximum atomic E-state index is 9.59. The van der Waals surface area contributed by atoms with E-state index in [0.717, 1.165) is 105 Å². The molecule has 6 aromatic heterocycles. The van der Waals surface area contributed by atoms with Gasteiger partial charge in [0.25, 0.3) is 0 Å². The van der Waals surface area contributed by atoms with Crippen molar-refractivity contribution in [2.75, 3.05) is 85.2 Å². The molecular weight excluding hydrogens is 953 g/mol. The second-order valence-electron chi connectivity index (χ2n) is 19.2. The van der Waals surface area contributed by atoms with Crippen molar-refractivity contribution in [1.29, 1.82) is 0 Å². The summed E-state index contributed by atoms with van der Waals surface area (Å²) in [6.07, 6.45) is 20.1. The Morgan fingerprint density at radius 2 is 0.960 bits per heavy atom. The SMILES string of the molecule is CC1(C)OCC(Cn2cc(Cc3ncnc(N4CCN(c5ncc(Cc6ccccc6)cn5)CC4)n3)cn2)O1.OCC(O)Cn1cc(Cc2ncnc(N3CCN(c4ncc(Cc5ccccc5)cn4)CC3)n2)cn1. The summed E-state index contributed by atoms with van der Waals surface area (Å²) in [6.45, 7) is 11.3. The van der Waals surface area contributed by atoms with Crippen molar-refractivity contribution >= 4 is 23.8 Å². The minimum Gasteiger partial charge on any atom is -0.394 e. The van der Waals surface area contributed by atoms with Gasteiger partial charge in [0, 0.05) is 115 Å². The van der Waals surface area contributed by atoms with Gasteiger partial charge in [0.1, 0.15) is 30.4 Å². The van der Waals surface area contributed by atoms with Crippen LogP contribution in [0.25, 0.3) is 0 Å². The van der Waals surface area contributed by atoms with Crippen molar-refractivity contribution in [3.8, 4) is 0 Å². The summed E-state index contributed by atoms with van der Waals surface area (Å²) in [5.41, 5.74) is 6.67. The Kier molecular flexibility index (Phi) is 16.2. The molecule has 0 radical (unpaired) electrons. The lowest BCUT2D eigenvalue weighted by Gasteiger charge is -2.34. The van der Waals surface area contributed by atoms with Crippen molar-refractivity contribution in [1.82, 2.24) is 69.4 Å². The van der Waals surface area contributed by atoms with E-state index in [0.29, 0.717) is 43.7 Å². The summed E-state index contributed by atoms with van der Waals surface area (Å²) >= 11 is 0. The molecule has 3 aliphatic rings. The number of piperazine rings is 2. The van der Waals surface area contributed by atoms with Crippen LogP contribution in [-0.4, -0.2) is 163 Å². The predicted molar refractivity (Wildman–Crippen MR) is 279 cm³/mol. The van der Waals surface area contributed by atoms with Crippen LogP contribution in [0.1, 0.15) is 58.9 Å². The summed E-state index contributed by atoms with van der Waals surface area (Å²) < 4.78 is 15.0. The number of hydrogen-bond donors (Lipinski definition) is 2. The molecule has 0 bridgehead atoms. The largest absolute Gasteiger partial charge is 0.394 e. The molecule has 22 heteroatoms. The fourth-order valence-corrected chi connectivity index (χ4v) is 9.09. The first-order valence-corrected chi connectivity index (χ1v) is 25.3. The van der Waals surface area contributed by atoms with Gasteiger partial charge in [0.2, 0.25) is 23.8 Å². The molecule has 388 valence electrons. The van der Waals surface area contributed by atoms with Crippen molar-refractivity contribution in [2.45, 2.75) is 70.6 Å². The van der Waals surface area contributed by atoms with E-state index in [1.54, 1.807) is 23.5 Å². The molecule has 0 spiro atoms. The number of anilines is 4. The molecule has 2 unspecified atom stereocenters. The number of hydrogen-bond acceptors (Lipinski definition) is 20. The lowest BCUT2D eigenvalue weighted by Crippen LogP contribution is -2.47. The normalized spacial score (nSPS) is 16.9. The quantitative estimate of drug-likeness (QED) is 0.133. The molecule has 8 aromatic rings. The van der Waals surface area contributed by atoms with Crippen LogP contribution < -0.4 is 19.6 Å². The van der Waals surface area contributed by atoms with Crippen LogP contribution in [0.3, 0.4) is 0 Å². The van der Waals surface area contributed by atoms with E-state index in [1.165, 1.54) is 11.1 Å². The Labute approximate surface area is 435 Å². The summed E-state index contributed by atoms with van der Waals surface area (Å²) in [5, 5.41) is 27.3. The van der Waals surface area contributed by atoms with Gasteiger partial charge in [0.15, 0.2) is 5.79 Å². The standard InChI is InChI=1S/C28H33N9O2.C25H29N9O2/c1-28(2)38-19-24(39-28)18-37-17-23(16-33-37)13-25-31-20-32-27(34-25)36-10-8-35(9-11-36)26-29-14-22(15-30-26)12-21-6-4-3-5-7-21;35-17-22(36)16-34-15-21(14-30-34)11-23-28-18-29-25(31-23)33-8-6-32(7-9-33)24-26-12-20(13-27-24)10-19-4-2-1-3-5-19/h3-7,14-17,20,24H,8-13,18-19H2,1-2H3;1-5,12-15,18,22,35-36H,6-11,16-17H2. The summed E-state index contributed by atoms with van der Waals surface area (Å²) in [6, 6.07) is 20.7. The van der Waals surface area contributed by atoms with E-state index in [2.05, 4.69) is 111 Å². The van der Waals surface area contributed by atoms with Gasteiger partial charge < -0.3 is 39.3 Å². The Balaban J connectivity index is 0.000000172. The topological polar surface area (TPSA) is 236 Å². The van der Waals surface area contributed by atoms with Gasteiger partial charge in [-0.3, -0.25) is 9.36 Å². The van der Waals surface area contributed by atoms with E-state index in [4.69, 9.17) is 19.6 Å². The third kappa shape index (κ3) is 14.0. The number of aliphatic hydroxyl groups is 2. The molecule has 2 N–H and O–H groups in total. The van der Waals surface area contributed by atoms with Gasteiger partial charge in [-0.2, -0.15) is 20.2 Å². The highest BCUT2D eigenvalue weighted by Gasteiger charge is 2.33. The van der Waals surface area contributed by atoms with Crippen LogP contribution in [-0.2, 0) is 48.2 Å². The van der Waals surface area contributed by atoms with Crippen LogP contribution in [0.15, 0.2) is 123 Å². The molecule has 0 saturated carbocycles. The highest BCUT2D eigenvalue weighted by molar-refractivity contribution is 5.40. The number of nitrogens with zero attached hydrogens (tertiary/aromatic N) is 18. The van der Waals surface area contributed by atoms with Crippen molar-refractivity contribution in [3.05, 3.63) is 168 Å². The number of rotatable bonds is 17. The zero-order chi connectivity index (χ0) is 51.4. The number of ether oxygens (including phenoxy) is 2. The number of aromatic nitrogens is 14. The number of benzene rings is 2. The van der Waals surface area contributed by atoms with E-state index in [-0.39, 0.29) is 19.3 Å². The second kappa shape index (κ2) is 24.0. The third-order valence-corrected chi connectivity index (χ3v) is 13.0. The summed E-state index contributed by atoms with van der Waals surface area (Å²) in [4.78, 5) is 54.1. The summed E-state index contributed by atoms with van der Waals surface area (Å²) in [7, 11) is 0. The maximum Gasteiger partial charge on any atom is 0.228 e. The Morgan fingerprint density at radius 1 is 0.520 bits per heavy atom. The van der Waals surface area contributed by atoms with Gasteiger partial charge in [-0.15, -0.1) is 0 Å². The zero-order valence-corrected chi connectivity index (χ0v) is 42.3. The molecule has 9 heterocycles. The fourth-order valence-electron chi connectivity index (χ4n) is 9.09. The van der Waals surface area contributed by atoms with Crippen molar-refractivity contribution < 1.29 is 19.7 Å². The van der Waals surface area contributed by atoms with Gasteiger partial charge in [0.05, 0.1) is 44.8 Å². The highest BCUT2D eigenvalue weighted by atomic mass is 16.7. The van der Waals surface area contributed by atoms with Gasteiger partial charge >= 0.3 is 0 Å².